The molecule has 0 spiro atoms. The molecule has 5 heteroatoms. The first-order valence-corrected chi connectivity index (χ1v) is 8.54. The molecule has 2 aromatic carbocycles. The molecule has 4 rings (SSSR count). The van der Waals surface area contributed by atoms with Gasteiger partial charge in [-0.1, -0.05) is 65.8 Å². The molecular weight excluding hydrogens is 314 g/mol. The monoisotopic (exact) mass is 333 g/mol. The van der Waals surface area contributed by atoms with Crippen LogP contribution in [0.3, 0.4) is 0 Å². The highest BCUT2D eigenvalue weighted by Gasteiger charge is 2.33. The number of rotatable bonds is 4. The van der Waals surface area contributed by atoms with Crippen LogP contribution in [0.4, 0.5) is 0 Å². The first-order valence-electron chi connectivity index (χ1n) is 8.54. The molecule has 0 saturated carbocycles. The smallest absolute Gasteiger partial charge is 0.249 e. The quantitative estimate of drug-likeness (QED) is 0.731. The Morgan fingerprint density at radius 3 is 2.56 bits per heavy atom. The SMILES string of the molecule is O=C(Cc1ccccc1)N1CCC[C@@H]1c1nc(-c2ccccc2)no1. The molecule has 0 N–H and O–H groups in total. The summed E-state index contributed by atoms with van der Waals surface area (Å²) in [7, 11) is 0. The summed E-state index contributed by atoms with van der Waals surface area (Å²) in [4.78, 5) is 19.1. The summed E-state index contributed by atoms with van der Waals surface area (Å²) in [6.07, 6.45) is 2.21. The van der Waals surface area contributed by atoms with Crippen LogP contribution in [0.2, 0.25) is 0 Å². The highest BCUT2D eigenvalue weighted by Crippen LogP contribution is 2.32. The van der Waals surface area contributed by atoms with Crippen LogP contribution in [0.5, 0.6) is 0 Å². The second kappa shape index (κ2) is 6.89. The van der Waals surface area contributed by atoms with E-state index in [-0.39, 0.29) is 11.9 Å². The fourth-order valence-electron chi connectivity index (χ4n) is 3.27. The molecule has 126 valence electrons. The lowest BCUT2D eigenvalue weighted by atomic mass is 10.1. The fourth-order valence-corrected chi connectivity index (χ4v) is 3.27. The van der Waals surface area contributed by atoms with E-state index in [0.717, 1.165) is 30.5 Å². The Kier molecular flexibility index (Phi) is 4.29. The molecule has 0 radical (unpaired) electrons. The van der Waals surface area contributed by atoms with Gasteiger partial charge in [-0.15, -0.1) is 0 Å². The van der Waals surface area contributed by atoms with Crippen LogP contribution in [0.25, 0.3) is 11.4 Å². The van der Waals surface area contributed by atoms with Crippen molar-refractivity contribution in [3.63, 3.8) is 0 Å². The second-order valence-corrected chi connectivity index (χ2v) is 6.23. The van der Waals surface area contributed by atoms with Crippen LogP contribution in [0.1, 0.15) is 30.3 Å². The maximum Gasteiger partial charge on any atom is 0.249 e. The molecule has 3 aromatic rings. The van der Waals surface area contributed by atoms with E-state index in [2.05, 4.69) is 10.1 Å². The molecule has 0 unspecified atom stereocenters. The van der Waals surface area contributed by atoms with E-state index in [9.17, 15) is 4.79 Å². The van der Waals surface area contributed by atoms with E-state index in [0.29, 0.717) is 18.1 Å². The summed E-state index contributed by atoms with van der Waals surface area (Å²) < 4.78 is 5.48. The summed E-state index contributed by atoms with van der Waals surface area (Å²) in [5, 5.41) is 4.08. The molecule has 2 heterocycles. The molecule has 0 aliphatic carbocycles. The Balaban J connectivity index is 1.52. The van der Waals surface area contributed by atoms with Gasteiger partial charge < -0.3 is 9.42 Å². The number of aromatic nitrogens is 2. The number of amides is 1. The van der Waals surface area contributed by atoms with Gasteiger partial charge in [-0.3, -0.25) is 4.79 Å². The van der Waals surface area contributed by atoms with Gasteiger partial charge in [-0.05, 0) is 18.4 Å². The number of carbonyl (C=O) groups is 1. The van der Waals surface area contributed by atoms with Gasteiger partial charge in [0.15, 0.2) is 0 Å². The van der Waals surface area contributed by atoms with Gasteiger partial charge >= 0.3 is 0 Å². The van der Waals surface area contributed by atoms with Crippen molar-refractivity contribution >= 4 is 5.91 Å². The van der Waals surface area contributed by atoms with E-state index in [1.165, 1.54) is 0 Å². The van der Waals surface area contributed by atoms with Gasteiger partial charge in [0, 0.05) is 12.1 Å². The predicted octanol–water partition coefficient (Wildman–Crippen LogP) is 3.64. The van der Waals surface area contributed by atoms with E-state index in [1.807, 2.05) is 65.6 Å². The molecule has 1 fully saturated rings. The largest absolute Gasteiger partial charge is 0.337 e. The fraction of sp³-hybridized carbons (Fsp3) is 0.250. The first kappa shape index (κ1) is 15.6. The number of hydrogen-bond donors (Lipinski definition) is 0. The van der Waals surface area contributed by atoms with Crippen LogP contribution in [-0.2, 0) is 11.2 Å². The lowest BCUT2D eigenvalue weighted by molar-refractivity contribution is -0.131. The topological polar surface area (TPSA) is 59.2 Å². The number of carbonyl (C=O) groups excluding carboxylic acids is 1. The van der Waals surface area contributed by atoms with Gasteiger partial charge in [-0.25, -0.2) is 0 Å². The minimum absolute atomic E-state index is 0.105. The van der Waals surface area contributed by atoms with Crippen molar-refractivity contribution < 1.29 is 9.32 Å². The van der Waals surface area contributed by atoms with E-state index < -0.39 is 0 Å². The zero-order valence-corrected chi connectivity index (χ0v) is 13.8. The Morgan fingerprint density at radius 1 is 1.08 bits per heavy atom. The third-order valence-electron chi connectivity index (χ3n) is 4.53. The summed E-state index contributed by atoms with van der Waals surface area (Å²) in [5.41, 5.74) is 1.94. The van der Waals surface area contributed by atoms with Crippen LogP contribution in [0.15, 0.2) is 65.2 Å². The van der Waals surface area contributed by atoms with Crippen LogP contribution in [0, 0.1) is 0 Å². The number of hydrogen-bond acceptors (Lipinski definition) is 4. The van der Waals surface area contributed by atoms with Crippen LogP contribution < -0.4 is 0 Å². The molecule has 1 aliphatic heterocycles. The Labute approximate surface area is 146 Å². The number of nitrogens with zero attached hydrogens (tertiary/aromatic N) is 3. The van der Waals surface area contributed by atoms with Crippen molar-refractivity contribution in [2.75, 3.05) is 6.54 Å². The van der Waals surface area contributed by atoms with Crippen LogP contribution >= 0.6 is 0 Å². The van der Waals surface area contributed by atoms with Crippen LogP contribution in [-0.4, -0.2) is 27.5 Å². The maximum atomic E-state index is 12.7. The van der Waals surface area contributed by atoms with Gasteiger partial charge in [0.05, 0.1) is 6.42 Å². The molecule has 1 aromatic heterocycles. The van der Waals surface area contributed by atoms with Crippen molar-refractivity contribution in [1.82, 2.24) is 15.0 Å². The summed E-state index contributed by atoms with van der Waals surface area (Å²) >= 11 is 0. The minimum atomic E-state index is -0.124. The minimum Gasteiger partial charge on any atom is -0.337 e. The van der Waals surface area contributed by atoms with E-state index in [1.54, 1.807) is 0 Å². The summed E-state index contributed by atoms with van der Waals surface area (Å²) in [6, 6.07) is 19.4. The van der Waals surface area contributed by atoms with Gasteiger partial charge in [0.2, 0.25) is 17.6 Å². The van der Waals surface area contributed by atoms with E-state index in [4.69, 9.17) is 4.52 Å². The summed E-state index contributed by atoms with van der Waals surface area (Å²) in [5.74, 6) is 1.20. The highest BCUT2D eigenvalue weighted by atomic mass is 16.5. The molecule has 1 aliphatic rings. The molecular formula is C20H19N3O2. The zero-order valence-electron chi connectivity index (χ0n) is 13.8. The Morgan fingerprint density at radius 2 is 1.80 bits per heavy atom. The molecule has 0 bridgehead atoms. The van der Waals surface area contributed by atoms with Crippen molar-refractivity contribution in [3.05, 3.63) is 72.1 Å². The lowest BCUT2D eigenvalue weighted by Gasteiger charge is -2.21. The third kappa shape index (κ3) is 3.31. The summed E-state index contributed by atoms with van der Waals surface area (Å²) in [6.45, 7) is 0.735. The van der Waals surface area contributed by atoms with Gasteiger partial charge in [-0.2, -0.15) is 4.98 Å². The van der Waals surface area contributed by atoms with Crippen molar-refractivity contribution in [3.8, 4) is 11.4 Å². The van der Waals surface area contributed by atoms with Crippen molar-refractivity contribution in [2.24, 2.45) is 0 Å². The molecule has 1 amide bonds. The Hall–Kier alpha value is -2.95. The maximum absolute atomic E-state index is 12.7. The average Bonchev–Trinajstić information content (AvgIpc) is 3.32. The Bertz CT molecular complexity index is 846. The molecule has 25 heavy (non-hydrogen) atoms. The van der Waals surface area contributed by atoms with Gasteiger partial charge in [0.1, 0.15) is 6.04 Å². The zero-order chi connectivity index (χ0) is 17.1. The normalized spacial score (nSPS) is 17.0. The van der Waals surface area contributed by atoms with Crippen molar-refractivity contribution in [2.45, 2.75) is 25.3 Å². The standard InChI is InChI=1S/C20H19N3O2/c24-18(14-15-8-3-1-4-9-15)23-13-7-12-17(23)20-21-19(22-25-20)16-10-5-2-6-11-16/h1-6,8-11,17H,7,12-14H2/t17-/m1/s1. The molecule has 1 atom stereocenters. The van der Waals surface area contributed by atoms with E-state index >= 15 is 0 Å². The third-order valence-corrected chi connectivity index (χ3v) is 4.53. The highest BCUT2D eigenvalue weighted by molar-refractivity contribution is 5.79. The van der Waals surface area contributed by atoms with Gasteiger partial charge in [0.25, 0.3) is 0 Å². The predicted molar refractivity (Wildman–Crippen MR) is 93.6 cm³/mol. The second-order valence-electron chi connectivity index (χ2n) is 6.23. The molecule has 1 saturated heterocycles. The average molecular weight is 333 g/mol. The molecule has 5 nitrogen and oxygen atoms in total. The van der Waals surface area contributed by atoms with Crippen molar-refractivity contribution in [1.29, 1.82) is 0 Å². The first-order chi connectivity index (χ1) is 12.3. The number of likely N-dealkylation sites (tertiary alicyclic amines) is 1. The lowest BCUT2D eigenvalue weighted by Crippen LogP contribution is -2.32. The number of benzene rings is 2.